The first-order valence-electron chi connectivity index (χ1n) is 7.63. The van der Waals surface area contributed by atoms with Gasteiger partial charge in [-0.3, -0.25) is 4.79 Å². The molecule has 0 aliphatic rings. The lowest BCUT2D eigenvalue weighted by Crippen LogP contribution is -2.16. The number of esters is 1. The van der Waals surface area contributed by atoms with Crippen LogP contribution in [0, 0.1) is 18.3 Å². The molecule has 0 unspecified atom stereocenters. The van der Waals surface area contributed by atoms with Crippen LogP contribution in [0.1, 0.15) is 39.1 Å². The van der Waals surface area contributed by atoms with Crippen LogP contribution in [0.3, 0.4) is 0 Å². The fourth-order valence-electron chi connectivity index (χ4n) is 2.14. The highest BCUT2D eigenvalue weighted by Crippen LogP contribution is 2.18. The predicted molar refractivity (Wildman–Crippen MR) is 90.7 cm³/mol. The van der Waals surface area contributed by atoms with Gasteiger partial charge in [0.05, 0.1) is 23.9 Å². The quantitative estimate of drug-likeness (QED) is 0.649. The Labute approximate surface area is 140 Å². The molecule has 0 saturated carbocycles. The van der Waals surface area contributed by atoms with Gasteiger partial charge in [-0.1, -0.05) is 29.8 Å². The van der Waals surface area contributed by atoms with E-state index in [-0.39, 0.29) is 18.1 Å². The molecule has 24 heavy (non-hydrogen) atoms. The zero-order valence-electron chi connectivity index (χ0n) is 13.4. The number of hydrogen-bond donors (Lipinski definition) is 1. The third kappa shape index (κ3) is 4.68. The molecule has 0 aliphatic carbocycles. The fourth-order valence-corrected chi connectivity index (χ4v) is 2.14. The van der Waals surface area contributed by atoms with Gasteiger partial charge in [-0.05, 0) is 37.6 Å². The van der Waals surface area contributed by atoms with E-state index in [1.54, 1.807) is 42.5 Å². The fraction of sp³-hybridized carbons (Fsp3) is 0.211. The molecule has 0 fully saturated rings. The van der Waals surface area contributed by atoms with Crippen molar-refractivity contribution in [1.82, 2.24) is 0 Å². The number of unbranched alkanes of at least 4 members (excludes halogenated alkanes) is 1. The molecular formula is C19H18N2O3. The van der Waals surface area contributed by atoms with Crippen LogP contribution in [-0.4, -0.2) is 18.5 Å². The Balaban J connectivity index is 2.09. The van der Waals surface area contributed by atoms with Crippen LogP contribution < -0.4 is 5.32 Å². The highest BCUT2D eigenvalue weighted by Gasteiger charge is 2.15. The topological polar surface area (TPSA) is 79.2 Å². The van der Waals surface area contributed by atoms with E-state index in [4.69, 9.17) is 10.00 Å². The van der Waals surface area contributed by atoms with Crippen molar-refractivity contribution in [2.75, 3.05) is 11.9 Å². The summed E-state index contributed by atoms with van der Waals surface area (Å²) in [4.78, 5) is 24.5. The Bertz CT molecular complexity index is 778. The molecule has 0 radical (unpaired) electrons. The first-order valence-corrected chi connectivity index (χ1v) is 7.63. The molecule has 2 aromatic rings. The van der Waals surface area contributed by atoms with Crippen molar-refractivity contribution in [3.05, 3.63) is 65.2 Å². The van der Waals surface area contributed by atoms with Crippen molar-refractivity contribution in [3.8, 4) is 6.07 Å². The summed E-state index contributed by atoms with van der Waals surface area (Å²) in [5, 5.41) is 11.2. The summed E-state index contributed by atoms with van der Waals surface area (Å²) in [6, 6.07) is 15.9. The molecule has 122 valence electrons. The number of amides is 1. The number of nitriles is 1. The molecule has 0 heterocycles. The van der Waals surface area contributed by atoms with Gasteiger partial charge in [0.25, 0.3) is 5.91 Å². The van der Waals surface area contributed by atoms with Crippen molar-refractivity contribution in [2.45, 2.75) is 19.8 Å². The monoisotopic (exact) mass is 322 g/mol. The summed E-state index contributed by atoms with van der Waals surface area (Å²) in [5.41, 5.74) is 2.18. The van der Waals surface area contributed by atoms with Gasteiger partial charge in [-0.25, -0.2) is 4.79 Å². The van der Waals surface area contributed by atoms with Crippen LogP contribution in [-0.2, 0) is 4.74 Å². The van der Waals surface area contributed by atoms with E-state index in [9.17, 15) is 9.59 Å². The normalized spacial score (nSPS) is 9.83. The molecule has 5 heteroatoms. The summed E-state index contributed by atoms with van der Waals surface area (Å²) in [6.07, 6.45) is 0.819. The average Bonchev–Trinajstić information content (AvgIpc) is 2.59. The van der Waals surface area contributed by atoms with Gasteiger partial charge >= 0.3 is 5.97 Å². The number of ether oxygens (including phenoxy) is 1. The third-order valence-electron chi connectivity index (χ3n) is 3.34. The summed E-state index contributed by atoms with van der Waals surface area (Å²) < 4.78 is 5.14. The third-order valence-corrected chi connectivity index (χ3v) is 3.34. The molecule has 1 amide bonds. The molecule has 0 atom stereocenters. The summed E-state index contributed by atoms with van der Waals surface area (Å²) in [7, 11) is 0. The van der Waals surface area contributed by atoms with E-state index in [0.29, 0.717) is 24.1 Å². The molecule has 2 rings (SSSR count). The molecule has 2 aromatic carbocycles. The lowest BCUT2D eigenvalue weighted by atomic mass is 10.1. The Hall–Kier alpha value is -3.13. The van der Waals surface area contributed by atoms with Crippen molar-refractivity contribution in [3.63, 3.8) is 0 Å². The van der Waals surface area contributed by atoms with Gasteiger partial charge in [0.2, 0.25) is 0 Å². The van der Waals surface area contributed by atoms with Crippen LogP contribution >= 0.6 is 0 Å². The highest BCUT2D eigenvalue weighted by molar-refractivity contribution is 6.08. The summed E-state index contributed by atoms with van der Waals surface area (Å²) >= 11 is 0. The van der Waals surface area contributed by atoms with Crippen LogP contribution in [0.5, 0.6) is 0 Å². The maximum absolute atomic E-state index is 12.3. The van der Waals surface area contributed by atoms with Gasteiger partial charge in [-0.15, -0.1) is 0 Å². The lowest BCUT2D eigenvalue weighted by Gasteiger charge is -2.11. The van der Waals surface area contributed by atoms with E-state index in [0.717, 1.165) is 5.56 Å². The summed E-state index contributed by atoms with van der Waals surface area (Å²) in [6.45, 7) is 2.08. The predicted octanol–water partition coefficient (Wildman–Crippen LogP) is 3.71. The van der Waals surface area contributed by atoms with Crippen LogP contribution in [0.4, 0.5) is 5.69 Å². The maximum atomic E-state index is 12.3. The molecular weight excluding hydrogens is 304 g/mol. The van der Waals surface area contributed by atoms with E-state index < -0.39 is 5.97 Å². The van der Waals surface area contributed by atoms with Crippen molar-refractivity contribution >= 4 is 17.6 Å². The number of aryl methyl sites for hydroxylation is 1. The lowest BCUT2D eigenvalue weighted by molar-refractivity contribution is 0.0503. The van der Waals surface area contributed by atoms with E-state index in [2.05, 4.69) is 5.32 Å². The Kier molecular flexibility index (Phi) is 6.09. The minimum absolute atomic E-state index is 0.173. The number of hydrogen-bond acceptors (Lipinski definition) is 4. The largest absolute Gasteiger partial charge is 0.462 e. The van der Waals surface area contributed by atoms with E-state index >= 15 is 0 Å². The second-order valence-electron chi connectivity index (χ2n) is 5.27. The standard InChI is InChI=1S/C19H18N2O3/c1-14-7-6-8-15(13-14)18(22)21-17-10-3-2-9-16(17)19(23)24-12-5-4-11-20/h2-3,6-10,13H,4-5,12H2,1H3,(H,21,22). The minimum Gasteiger partial charge on any atom is -0.462 e. The number of rotatable bonds is 6. The number of carbonyl (C=O) groups excluding carboxylic acids is 2. The molecule has 0 bridgehead atoms. The molecule has 0 spiro atoms. The van der Waals surface area contributed by atoms with E-state index in [1.807, 2.05) is 19.1 Å². The van der Waals surface area contributed by atoms with Gasteiger partial charge in [0.15, 0.2) is 0 Å². The molecule has 0 aliphatic heterocycles. The van der Waals surface area contributed by atoms with Gasteiger partial charge in [0.1, 0.15) is 0 Å². The molecule has 0 aromatic heterocycles. The second-order valence-corrected chi connectivity index (χ2v) is 5.27. The second kappa shape index (κ2) is 8.49. The highest BCUT2D eigenvalue weighted by atomic mass is 16.5. The Morgan fingerprint density at radius 1 is 1.17 bits per heavy atom. The van der Waals surface area contributed by atoms with Gasteiger partial charge < -0.3 is 10.1 Å². The first-order chi connectivity index (χ1) is 11.6. The number of anilines is 1. The van der Waals surface area contributed by atoms with Crippen molar-refractivity contribution < 1.29 is 14.3 Å². The zero-order chi connectivity index (χ0) is 17.4. The average molecular weight is 322 g/mol. The number of benzene rings is 2. The molecule has 5 nitrogen and oxygen atoms in total. The van der Waals surface area contributed by atoms with Crippen molar-refractivity contribution in [1.29, 1.82) is 5.26 Å². The molecule has 1 N–H and O–H groups in total. The maximum Gasteiger partial charge on any atom is 0.340 e. The van der Waals surface area contributed by atoms with Crippen LogP contribution in [0.2, 0.25) is 0 Å². The number of nitrogens with zero attached hydrogens (tertiary/aromatic N) is 1. The number of carbonyl (C=O) groups is 2. The van der Waals surface area contributed by atoms with Crippen LogP contribution in [0.25, 0.3) is 0 Å². The first kappa shape index (κ1) is 17.2. The van der Waals surface area contributed by atoms with E-state index in [1.165, 1.54) is 0 Å². The van der Waals surface area contributed by atoms with Gasteiger partial charge in [-0.2, -0.15) is 5.26 Å². The van der Waals surface area contributed by atoms with Gasteiger partial charge in [0, 0.05) is 12.0 Å². The molecule has 0 saturated heterocycles. The number of para-hydroxylation sites is 1. The van der Waals surface area contributed by atoms with Crippen molar-refractivity contribution in [2.24, 2.45) is 0 Å². The summed E-state index contributed by atoms with van der Waals surface area (Å²) in [5.74, 6) is -0.809. The smallest absolute Gasteiger partial charge is 0.340 e. The Morgan fingerprint density at radius 2 is 1.96 bits per heavy atom. The number of nitrogens with one attached hydrogen (secondary N) is 1. The SMILES string of the molecule is Cc1cccc(C(=O)Nc2ccccc2C(=O)OCCCC#N)c1. The zero-order valence-corrected chi connectivity index (χ0v) is 13.4. The Morgan fingerprint density at radius 3 is 2.71 bits per heavy atom. The minimum atomic E-state index is -0.520. The van der Waals surface area contributed by atoms with Crippen LogP contribution in [0.15, 0.2) is 48.5 Å².